The van der Waals surface area contributed by atoms with E-state index in [2.05, 4.69) is 16.3 Å². The molecule has 6 heteroatoms. The third-order valence-corrected chi connectivity index (χ3v) is 4.43. The van der Waals surface area contributed by atoms with Crippen molar-refractivity contribution in [2.24, 2.45) is 0 Å². The Labute approximate surface area is 147 Å². The first-order valence-corrected chi connectivity index (χ1v) is 8.42. The van der Waals surface area contributed by atoms with E-state index >= 15 is 0 Å². The molecule has 0 aromatic heterocycles. The number of carbonyl (C=O) groups excluding carboxylic acids is 1. The van der Waals surface area contributed by atoms with Crippen molar-refractivity contribution in [1.82, 2.24) is 0 Å². The van der Waals surface area contributed by atoms with Crippen LogP contribution < -0.4 is 19.9 Å². The fourth-order valence-corrected chi connectivity index (χ4v) is 3.03. The highest BCUT2D eigenvalue weighted by atomic mass is 19.1. The van der Waals surface area contributed by atoms with Gasteiger partial charge < -0.3 is 19.9 Å². The summed E-state index contributed by atoms with van der Waals surface area (Å²) in [6.07, 6.45) is 0. The first-order chi connectivity index (χ1) is 12.1. The number of piperazine rings is 1. The molecule has 1 fully saturated rings. The summed E-state index contributed by atoms with van der Waals surface area (Å²) in [5, 5.41) is 2.82. The van der Waals surface area contributed by atoms with Crippen molar-refractivity contribution < 1.29 is 18.8 Å². The summed E-state index contributed by atoms with van der Waals surface area (Å²) < 4.78 is 18.2. The number of benzene rings is 2. The smallest absolute Gasteiger partial charge is 0.279 e. The number of nitrogens with one attached hydrogen (secondary N) is 2. The topological polar surface area (TPSA) is 46.0 Å². The Kier molecular flexibility index (Phi) is 5.50. The van der Waals surface area contributed by atoms with E-state index in [1.807, 2.05) is 18.2 Å². The Balaban J connectivity index is 1.48. The van der Waals surface area contributed by atoms with E-state index in [1.54, 1.807) is 19.2 Å². The quantitative estimate of drug-likeness (QED) is 0.856. The number of carbonyl (C=O) groups is 1. The second-order valence-corrected chi connectivity index (χ2v) is 6.17. The maximum absolute atomic E-state index is 12.9. The Morgan fingerprint density at radius 2 is 1.92 bits per heavy atom. The molecule has 1 aliphatic heterocycles. The summed E-state index contributed by atoms with van der Waals surface area (Å²) in [5.74, 6) is 0.500. The van der Waals surface area contributed by atoms with Crippen LogP contribution in [0.1, 0.15) is 0 Å². The van der Waals surface area contributed by atoms with E-state index in [0.29, 0.717) is 12.2 Å². The van der Waals surface area contributed by atoms with Crippen LogP contribution in [-0.2, 0) is 4.79 Å². The zero-order valence-corrected chi connectivity index (χ0v) is 14.3. The van der Waals surface area contributed by atoms with Gasteiger partial charge in [-0.2, -0.15) is 0 Å². The summed E-state index contributed by atoms with van der Waals surface area (Å²) in [4.78, 5) is 15.7. The molecule has 2 N–H and O–H groups in total. The number of hydrogen-bond acceptors (Lipinski definition) is 3. The van der Waals surface area contributed by atoms with Gasteiger partial charge in [0.05, 0.1) is 33.3 Å². The molecule has 132 valence electrons. The summed E-state index contributed by atoms with van der Waals surface area (Å²) in [5.41, 5.74) is 1.77. The van der Waals surface area contributed by atoms with Crippen LogP contribution >= 0.6 is 0 Å². The molecule has 0 aliphatic carbocycles. The molecule has 0 spiro atoms. The molecule has 25 heavy (non-hydrogen) atoms. The van der Waals surface area contributed by atoms with Gasteiger partial charge in [0.1, 0.15) is 11.6 Å². The first kappa shape index (κ1) is 17.2. The predicted molar refractivity (Wildman–Crippen MR) is 95.8 cm³/mol. The van der Waals surface area contributed by atoms with Gasteiger partial charge in [-0.3, -0.25) is 4.79 Å². The molecular formula is C19H23FN3O2+. The highest BCUT2D eigenvalue weighted by Crippen LogP contribution is 2.20. The zero-order chi connectivity index (χ0) is 17.6. The predicted octanol–water partition coefficient (Wildman–Crippen LogP) is 1.18. The number of nitrogens with zero attached hydrogens (tertiary/aromatic N) is 1. The van der Waals surface area contributed by atoms with Crippen LogP contribution in [0.25, 0.3) is 0 Å². The standard InChI is InChI=1S/C19H22FN3O2/c1-25-18-4-2-3-17(13-18)23-11-9-22(10-12-23)14-19(24)21-16-7-5-15(20)6-8-16/h2-8,13H,9-12,14H2,1H3,(H,21,24)/p+1. The highest BCUT2D eigenvalue weighted by Gasteiger charge is 2.22. The maximum atomic E-state index is 12.9. The lowest BCUT2D eigenvalue weighted by Gasteiger charge is -2.33. The molecule has 1 saturated heterocycles. The molecule has 3 rings (SSSR count). The molecule has 0 unspecified atom stereocenters. The lowest BCUT2D eigenvalue weighted by Crippen LogP contribution is -3.15. The fourth-order valence-electron chi connectivity index (χ4n) is 3.03. The molecule has 0 bridgehead atoms. The second kappa shape index (κ2) is 7.98. The number of quaternary nitrogens is 1. The zero-order valence-electron chi connectivity index (χ0n) is 14.3. The molecule has 1 aliphatic rings. The molecular weight excluding hydrogens is 321 g/mol. The number of amides is 1. The summed E-state index contributed by atoms with van der Waals surface area (Å²) in [7, 11) is 1.67. The minimum Gasteiger partial charge on any atom is -0.497 e. The lowest BCUT2D eigenvalue weighted by molar-refractivity contribution is -0.892. The third kappa shape index (κ3) is 4.70. The van der Waals surface area contributed by atoms with Crippen LogP contribution in [0.2, 0.25) is 0 Å². The number of methoxy groups -OCH3 is 1. The van der Waals surface area contributed by atoms with Crippen molar-refractivity contribution in [3.05, 3.63) is 54.3 Å². The average molecular weight is 344 g/mol. The monoisotopic (exact) mass is 344 g/mol. The van der Waals surface area contributed by atoms with Gasteiger partial charge in [-0.1, -0.05) is 6.07 Å². The van der Waals surface area contributed by atoms with Crippen molar-refractivity contribution in [1.29, 1.82) is 0 Å². The van der Waals surface area contributed by atoms with E-state index in [0.717, 1.165) is 37.6 Å². The van der Waals surface area contributed by atoms with Crippen molar-refractivity contribution in [2.75, 3.05) is 50.1 Å². The van der Waals surface area contributed by atoms with Crippen LogP contribution in [0.5, 0.6) is 5.75 Å². The van der Waals surface area contributed by atoms with Gasteiger partial charge in [-0.25, -0.2) is 4.39 Å². The molecule has 0 saturated carbocycles. The Morgan fingerprint density at radius 3 is 2.60 bits per heavy atom. The van der Waals surface area contributed by atoms with Gasteiger partial charge in [-0.15, -0.1) is 0 Å². The number of ether oxygens (including phenoxy) is 1. The van der Waals surface area contributed by atoms with E-state index in [-0.39, 0.29) is 11.7 Å². The fraction of sp³-hybridized carbons (Fsp3) is 0.316. The van der Waals surface area contributed by atoms with E-state index in [4.69, 9.17) is 4.74 Å². The minimum absolute atomic E-state index is 0.0450. The molecule has 5 nitrogen and oxygen atoms in total. The van der Waals surface area contributed by atoms with Gasteiger partial charge in [0, 0.05) is 17.4 Å². The number of rotatable bonds is 5. The summed E-state index contributed by atoms with van der Waals surface area (Å²) in [6, 6.07) is 13.9. The van der Waals surface area contributed by atoms with Gasteiger partial charge in [0.2, 0.25) is 0 Å². The van der Waals surface area contributed by atoms with E-state index in [1.165, 1.54) is 17.0 Å². The van der Waals surface area contributed by atoms with Crippen LogP contribution in [0.4, 0.5) is 15.8 Å². The molecule has 1 amide bonds. The number of anilines is 2. The highest BCUT2D eigenvalue weighted by molar-refractivity contribution is 5.91. The molecule has 2 aromatic carbocycles. The second-order valence-electron chi connectivity index (χ2n) is 6.17. The average Bonchev–Trinajstić information content (AvgIpc) is 2.64. The van der Waals surface area contributed by atoms with Crippen molar-refractivity contribution in [3.63, 3.8) is 0 Å². The van der Waals surface area contributed by atoms with Crippen LogP contribution in [0.15, 0.2) is 48.5 Å². The molecule has 2 aromatic rings. The van der Waals surface area contributed by atoms with Crippen LogP contribution in [0, 0.1) is 5.82 Å². The minimum atomic E-state index is -0.308. The van der Waals surface area contributed by atoms with Gasteiger partial charge in [0.25, 0.3) is 5.91 Å². The van der Waals surface area contributed by atoms with Crippen molar-refractivity contribution in [3.8, 4) is 5.75 Å². The van der Waals surface area contributed by atoms with Gasteiger partial charge in [-0.05, 0) is 36.4 Å². The van der Waals surface area contributed by atoms with E-state index < -0.39 is 0 Å². The third-order valence-electron chi connectivity index (χ3n) is 4.43. The molecule has 0 radical (unpaired) electrons. The van der Waals surface area contributed by atoms with Crippen LogP contribution in [-0.4, -0.2) is 45.7 Å². The molecule has 1 heterocycles. The Hall–Kier alpha value is -2.60. The van der Waals surface area contributed by atoms with Gasteiger partial charge in [0.15, 0.2) is 6.54 Å². The molecule has 0 atom stereocenters. The number of hydrogen-bond donors (Lipinski definition) is 2. The van der Waals surface area contributed by atoms with Crippen LogP contribution in [0.3, 0.4) is 0 Å². The summed E-state index contributed by atoms with van der Waals surface area (Å²) >= 11 is 0. The maximum Gasteiger partial charge on any atom is 0.279 e. The van der Waals surface area contributed by atoms with E-state index in [9.17, 15) is 9.18 Å². The van der Waals surface area contributed by atoms with Crippen molar-refractivity contribution in [2.45, 2.75) is 0 Å². The Bertz CT molecular complexity index is 713. The Morgan fingerprint density at radius 1 is 1.20 bits per heavy atom. The normalized spacial score (nSPS) is 15.0. The first-order valence-electron chi connectivity index (χ1n) is 8.42. The SMILES string of the molecule is COc1cccc(N2CC[NH+](CC(=O)Nc3ccc(F)cc3)CC2)c1. The van der Waals surface area contributed by atoms with Crippen molar-refractivity contribution >= 4 is 17.3 Å². The number of halogens is 1. The summed E-state index contributed by atoms with van der Waals surface area (Å²) in [6.45, 7) is 4.00. The lowest BCUT2D eigenvalue weighted by atomic mass is 10.2. The van der Waals surface area contributed by atoms with Gasteiger partial charge >= 0.3 is 0 Å². The largest absolute Gasteiger partial charge is 0.497 e.